The van der Waals surface area contributed by atoms with Gasteiger partial charge in [-0.15, -0.1) is 0 Å². The number of benzene rings is 1. The summed E-state index contributed by atoms with van der Waals surface area (Å²) < 4.78 is 54.8. The first-order valence-electron chi connectivity index (χ1n) is 10.0. The Morgan fingerprint density at radius 3 is 2.84 bits per heavy atom. The van der Waals surface area contributed by atoms with E-state index in [1.807, 2.05) is 0 Å². The van der Waals surface area contributed by atoms with Gasteiger partial charge in [-0.1, -0.05) is 0 Å². The van der Waals surface area contributed by atoms with Crippen molar-refractivity contribution < 1.29 is 27.4 Å². The molecule has 2 aliphatic heterocycles. The number of carbonyl (C=O) groups is 1. The second-order valence-corrected chi connectivity index (χ2v) is 8.47. The maximum atomic E-state index is 14.1. The molecule has 168 valence electrons. The first kappa shape index (κ1) is 20.4. The van der Waals surface area contributed by atoms with E-state index in [-0.39, 0.29) is 42.5 Å². The van der Waals surface area contributed by atoms with Crippen LogP contribution in [0, 0.1) is 5.82 Å². The molecule has 2 aliphatic rings. The van der Waals surface area contributed by atoms with Crippen LogP contribution in [0.4, 0.5) is 19.0 Å². The van der Waals surface area contributed by atoms with Gasteiger partial charge in [0.15, 0.2) is 17.2 Å². The molecule has 0 saturated carbocycles. The number of rotatable bonds is 1. The molecule has 1 atom stereocenters. The second kappa shape index (κ2) is 7.28. The van der Waals surface area contributed by atoms with Crippen molar-refractivity contribution in [3.63, 3.8) is 0 Å². The van der Waals surface area contributed by atoms with Gasteiger partial charge < -0.3 is 19.7 Å². The van der Waals surface area contributed by atoms with E-state index < -0.39 is 29.7 Å². The molecule has 11 heteroatoms. The van der Waals surface area contributed by atoms with E-state index in [0.29, 0.717) is 11.3 Å². The molecule has 1 amide bonds. The van der Waals surface area contributed by atoms with Gasteiger partial charge in [0, 0.05) is 12.1 Å². The van der Waals surface area contributed by atoms with Gasteiger partial charge in [-0.3, -0.25) is 4.79 Å². The van der Waals surface area contributed by atoms with Crippen LogP contribution in [0.5, 0.6) is 11.5 Å². The summed E-state index contributed by atoms with van der Waals surface area (Å²) in [7, 11) is 0. The quantitative estimate of drug-likeness (QED) is 0.618. The topological polar surface area (TPSA) is 81.0 Å². The van der Waals surface area contributed by atoms with Crippen molar-refractivity contribution in [3.05, 3.63) is 47.5 Å². The van der Waals surface area contributed by atoms with Crippen LogP contribution in [0.1, 0.15) is 29.8 Å². The lowest BCUT2D eigenvalue weighted by molar-refractivity contribution is 0.0766. The Hall–Kier alpha value is -3.50. The van der Waals surface area contributed by atoms with Gasteiger partial charge in [0.25, 0.3) is 12.3 Å². The van der Waals surface area contributed by atoms with Gasteiger partial charge in [0.1, 0.15) is 36.4 Å². The van der Waals surface area contributed by atoms with Crippen LogP contribution in [0.3, 0.4) is 0 Å². The van der Waals surface area contributed by atoms with E-state index in [2.05, 4.69) is 15.4 Å². The Morgan fingerprint density at radius 1 is 1.25 bits per heavy atom. The lowest BCUT2D eigenvalue weighted by atomic mass is 10.1. The molecular weight excluding hydrogens is 427 g/mol. The molecule has 32 heavy (non-hydrogen) atoms. The number of amides is 1. The predicted octanol–water partition coefficient (Wildman–Crippen LogP) is 2.80. The van der Waals surface area contributed by atoms with Gasteiger partial charge in [-0.2, -0.15) is 5.10 Å². The summed E-state index contributed by atoms with van der Waals surface area (Å²) in [6.45, 7) is 3.24. The fraction of sp³-hybridized carbons (Fsp3) is 0.381. The van der Waals surface area contributed by atoms with Crippen LogP contribution in [0.15, 0.2) is 30.6 Å². The standard InChI is InChI=1S/C21H20F3N5O3/c1-21(2)10-32-15-4-3-12(22)5-11(15)7-28-14(17(23)24)9-31-16-8-29-18(26-19(16)28)13(6-25-29)20(30)27-21/h3-6,8,14,17H,7,9-10H2,1-2H3,(H,27,30). The third kappa shape index (κ3) is 3.47. The van der Waals surface area contributed by atoms with Crippen LogP contribution < -0.4 is 19.7 Å². The van der Waals surface area contributed by atoms with Crippen molar-refractivity contribution in [2.45, 2.75) is 38.4 Å². The molecule has 0 fully saturated rings. The molecule has 1 unspecified atom stereocenters. The molecule has 8 nitrogen and oxygen atoms in total. The van der Waals surface area contributed by atoms with Crippen LogP contribution >= 0.6 is 0 Å². The number of anilines is 1. The van der Waals surface area contributed by atoms with E-state index in [1.165, 1.54) is 40.0 Å². The Morgan fingerprint density at radius 2 is 2.06 bits per heavy atom. The first-order valence-corrected chi connectivity index (χ1v) is 10.0. The summed E-state index contributed by atoms with van der Waals surface area (Å²) in [6, 6.07) is 2.61. The number of halogens is 3. The SMILES string of the molecule is CC1(C)COc2ccc(F)cc2CN2c3nc4c(cnn4cc3OCC2C(F)F)C(=O)N1. The highest BCUT2D eigenvalue weighted by molar-refractivity contribution is 6.00. The molecule has 1 aromatic carbocycles. The Balaban J connectivity index is 1.73. The van der Waals surface area contributed by atoms with Gasteiger partial charge in [0.2, 0.25) is 0 Å². The van der Waals surface area contributed by atoms with Crippen LogP contribution in [-0.4, -0.2) is 51.7 Å². The molecule has 1 N–H and O–H groups in total. The highest BCUT2D eigenvalue weighted by Gasteiger charge is 2.37. The van der Waals surface area contributed by atoms with E-state index >= 15 is 0 Å². The minimum absolute atomic E-state index is 0.0689. The molecule has 0 saturated heterocycles. The lowest BCUT2D eigenvalue weighted by Crippen LogP contribution is -2.48. The lowest BCUT2D eigenvalue weighted by Gasteiger charge is -2.37. The van der Waals surface area contributed by atoms with Gasteiger partial charge >= 0.3 is 0 Å². The number of fused-ring (bicyclic) bond motifs is 1. The maximum Gasteiger partial charge on any atom is 0.261 e. The van der Waals surface area contributed by atoms with E-state index in [9.17, 15) is 18.0 Å². The minimum Gasteiger partial charge on any atom is -0.491 e. The Kier molecular flexibility index (Phi) is 4.64. The predicted molar refractivity (Wildman–Crippen MR) is 108 cm³/mol. The average Bonchev–Trinajstić information content (AvgIpc) is 3.14. The monoisotopic (exact) mass is 447 g/mol. The number of ether oxygens (including phenoxy) is 2. The molecule has 5 rings (SSSR count). The zero-order valence-electron chi connectivity index (χ0n) is 17.3. The van der Waals surface area contributed by atoms with Gasteiger partial charge in [0.05, 0.1) is 17.9 Å². The molecule has 0 aliphatic carbocycles. The molecular formula is C21H20F3N5O3. The van der Waals surface area contributed by atoms with E-state index in [0.717, 1.165) is 0 Å². The molecule has 3 aromatic rings. The zero-order chi connectivity index (χ0) is 22.6. The van der Waals surface area contributed by atoms with Gasteiger partial charge in [-0.25, -0.2) is 22.7 Å². The van der Waals surface area contributed by atoms with Crippen molar-refractivity contribution in [3.8, 4) is 11.5 Å². The van der Waals surface area contributed by atoms with Crippen molar-refractivity contribution in [1.82, 2.24) is 19.9 Å². The van der Waals surface area contributed by atoms with Gasteiger partial charge in [-0.05, 0) is 32.0 Å². The number of alkyl halides is 2. The smallest absolute Gasteiger partial charge is 0.261 e. The number of nitrogens with zero attached hydrogens (tertiary/aromatic N) is 4. The first-order chi connectivity index (χ1) is 15.2. The third-order valence-corrected chi connectivity index (χ3v) is 5.46. The number of hydrogen-bond acceptors (Lipinski definition) is 6. The van der Waals surface area contributed by atoms with Crippen molar-refractivity contribution in [2.24, 2.45) is 0 Å². The number of nitrogens with one attached hydrogen (secondary N) is 1. The number of hydrogen-bond donors (Lipinski definition) is 1. The molecule has 0 radical (unpaired) electrons. The summed E-state index contributed by atoms with van der Waals surface area (Å²) in [4.78, 5) is 18.8. The van der Waals surface area contributed by atoms with Crippen molar-refractivity contribution >= 4 is 17.4 Å². The van der Waals surface area contributed by atoms with Crippen LogP contribution in [-0.2, 0) is 6.54 Å². The fourth-order valence-electron chi connectivity index (χ4n) is 3.84. The highest BCUT2D eigenvalue weighted by atomic mass is 19.3. The Bertz CT molecular complexity index is 1210. The zero-order valence-corrected chi connectivity index (χ0v) is 17.3. The van der Waals surface area contributed by atoms with Crippen LogP contribution in [0.25, 0.3) is 5.65 Å². The summed E-state index contributed by atoms with van der Waals surface area (Å²) in [5.41, 5.74) is -0.0425. The summed E-state index contributed by atoms with van der Waals surface area (Å²) in [6.07, 6.45) is 0.108. The fourth-order valence-corrected chi connectivity index (χ4v) is 3.84. The van der Waals surface area contributed by atoms with E-state index in [4.69, 9.17) is 9.47 Å². The number of aromatic nitrogens is 3. The van der Waals surface area contributed by atoms with Crippen molar-refractivity contribution in [1.29, 1.82) is 0 Å². The van der Waals surface area contributed by atoms with Crippen LogP contribution in [0.2, 0.25) is 0 Å². The normalized spacial score (nSPS) is 20.0. The molecule has 2 aromatic heterocycles. The third-order valence-electron chi connectivity index (χ3n) is 5.46. The molecule has 2 bridgehead atoms. The maximum absolute atomic E-state index is 14.1. The average molecular weight is 447 g/mol. The summed E-state index contributed by atoms with van der Waals surface area (Å²) >= 11 is 0. The van der Waals surface area contributed by atoms with Crippen molar-refractivity contribution in [2.75, 3.05) is 18.1 Å². The minimum atomic E-state index is -2.75. The summed E-state index contributed by atoms with van der Waals surface area (Å²) in [5, 5.41) is 7.03. The largest absolute Gasteiger partial charge is 0.491 e. The molecule has 0 spiro atoms. The van der Waals surface area contributed by atoms with E-state index in [1.54, 1.807) is 13.8 Å². The number of carbonyl (C=O) groups excluding carboxylic acids is 1. The summed E-state index contributed by atoms with van der Waals surface area (Å²) in [5.74, 6) is -0.268. The second-order valence-electron chi connectivity index (χ2n) is 8.47. The molecule has 4 heterocycles. The Labute approximate surface area is 180 Å². The highest BCUT2D eigenvalue weighted by Crippen LogP contribution is 2.37.